The van der Waals surface area contributed by atoms with Gasteiger partial charge in [-0.2, -0.15) is 5.21 Å². The predicted octanol–water partition coefficient (Wildman–Crippen LogP) is 4.12. The maximum absolute atomic E-state index is 5.54. The number of nitrogens with one attached hydrogen (secondary N) is 2. The number of benzene rings is 2. The number of tetrazole rings is 1. The van der Waals surface area contributed by atoms with E-state index in [0.717, 1.165) is 67.7 Å². The second-order valence-electron chi connectivity index (χ2n) is 9.21. The standard InChI is InChI=1S/C27H30N8O/c1-3-21-16-24-18(2)28-27(34-12-14-36-15-13-34)29-26(24)35(21)17-19-8-10-20(11-9-19)22-6-4-5-7-23(22)25-30-32-33-31-25/h4-11,16,18H,3,12-15,17H2,1-2H3,(H,28,29)(H,30,31,32,33). The summed E-state index contributed by atoms with van der Waals surface area (Å²) in [6.07, 6.45) is 0.963. The van der Waals surface area contributed by atoms with Gasteiger partial charge in [0.2, 0.25) is 5.82 Å². The number of morpholine rings is 1. The summed E-state index contributed by atoms with van der Waals surface area (Å²) in [4.78, 5) is 7.26. The molecule has 2 aliphatic rings. The maximum Gasteiger partial charge on any atom is 0.205 e. The number of H-pyrrole nitrogens is 1. The molecule has 184 valence electrons. The van der Waals surface area contributed by atoms with Crippen molar-refractivity contribution in [3.63, 3.8) is 0 Å². The van der Waals surface area contributed by atoms with E-state index >= 15 is 0 Å². The number of ether oxygens (including phenoxy) is 1. The molecule has 9 nitrogen and oxygen atoms in total. The quantitative estimate of drug-likeness (QED) is 0.444. The van der Waals surface area contributed by atoms with Crippen molar-refractivity contribution in [2.45, 2.75) is 32.9 Å². The van der Waals surface area contributed by atoms with E-state index in [1.807, 2.05) is 18.2 Å². The molecule has 1 atom stereocenters. The Morgan fingerprint density at radius 3 is 2.53 bits per heavy atom. The lowest BCUT2D eigenvalue weighted by atomic mass is 9.98. The predicted molar refractivity (Wildman–Crippen MR) is 140 cm³/mol. The highest BCUT2D eigenvalue weighted by molar-refractivity contribution is 5.96. The summed E-state index contributed by atoms with van der Waals surface area (Å²) < 4.78 is 7.95. The normalized spacial score (nSPS) is 17.4. The molecule has 9 heteroatoms. The van der Waals surface area contributed by atoms with Gasteiger partial charge in [0.25, 0.3) is 0 Å². The number of hydrogen-bond donors (Lipinski definition) is 2. The van der Waals surface area contributed by atoms with E-state index < -0.39 is 0 Å². The van der Waals surface area contributed by atoms with E-state index in [9.17, 15) is 0 Å². The van der Waals surface area contributed by atoms with Crippen molar-refractivity contribution < 1.29 is 4.74 Å². The minimum Gasteiger partial charge on any atom is -0.378 e. The molecule has 0 aliphatic carbocycles. The SMILES string of the molecule is CCc1cc2c(n1Cc1ccc(-c3ccccc3-c3nn[nH]n3)cc1)NC(N1CCOCC1)=NC2C. The third kappa shape index (κ3) is 4.15. The second kappa shape index (κ2) is 9.58. The van der Waals surface area contributed by atoms with Gasteiger partial charge in [0.15, 0.2) is 5.96 Å². The van der Waals surface area contributed by atoms with E-state index in [2.05, 4.69) is 85.7 Å². The average molecular weight is 483 g/mol. The monoisotopic (exact) mass is 482 g/mol. The second-order valence-corrected chi connectivity index (χ2v) is 9.21. The minimum absolute atomic E-state index is 0.120. The summed E-state index contributed by atoms with van der Waals surface area (Å²) in [5.74, 6) is 2.70. The van der Waals surface area contributed by atoms with Crippen LogP contribution in [-0.2, 0) is 17.7 Å². The Hall–Kier alpha value is -3.98. The fraction of sp³-hybridized carbons (Fsp3) is 0.333. The van der Waals surface area contributed by atoms with Crippen LogP contribution in [-0.4, -0.2) is 62.4 Å². The Morgan fingerprint density at radius 2 is 1.81 bits per heavy atom. The zero-order valence-electron chi connectivity index (χ0n) is 20.6. The van der Waals surface area contributed by atoms with Crippen LogP contribution < -0.4 is 5.32 Å². The molecule has 0 saturated carbocycles. The van der Waals surface area contributed by atoms with Crippen LogP contribution in [0.1, 0.15) is 36.7 Å². The number of aryl methyl sites for hydroxylation is 1. The molecule has 1 fully saturated rings. The van der Waals surface area contributed by atoms with E-state index in [1.54, 1.807) is 0 Å². The molecule has 2 aliphatic heterocycles. The molecule has 0 radical (unpaired) electrons. The number of guanidine groups is 1. The molecule has 4 aromatic rings. The van der Waals surface area contributed by atoms with Crippen molar-refractivity contribution >= 4 is 11.8 Å². The fourth-order valence-corrected chi connectivity index (χ4v) is 5.06. The van der Waals surface area contributed by atoms with E-state index in [1.165, 1.54) is 16.8 Å². The molecule has 2 N–H and O–H groups in total. The van der Waals surface area contributed by atoms with Crippen LogP contribution >= 0.6 is 0 Å². The smallest absolute Gasteiger partial charge is 0.205 e. The number of anilines is 1. The Labute approximate surface area is 210 Å². The molecular formula is C27H30N8O. The van der Waals surface area contributed by atoms with E-state index in [-0.39, 0.29) is 6.04 Å². The number of hydrogen-bond acceptors (Lipinski definition) is 7. The van der Waals surface area contributed by atoms with Crippen LogP contribution in [0.5, 0.6) is 0 Å². The van der Waals surface area contributed by atoms with Gasteiger partial charge in [-0.1, -0.05) is 55.5 Å². The summed E-state index contributed by atoms with van der Waals surface area (Å²) in [6, 6.07) is 19.3. The minimum atomic E-state index is 0.120. The summed E-state index contributed by atoms with van der Waals surface area (Å²) in [5.41, 5.74) is 6.98. The van der Waals surface area contributed by atoms with Gasteiger partial charge in [-0.3, -0.25) is 0 Å². The largest absolute Gasteiger partial charge is 0.378 e. The van der Waals surface area contributed by atoms with Gasteiger partial charge in [-0.15, -0.1) is 10.2 Å². The van der Waals surface area contributed by atoms with Crippen molar-refractivity contribution in [3.05, 3.63) is 71.4 Å². The third-order valence-electron chi connectivity index (χ3n) is 7.00. The van der Waals surface area contributed by atoms with Crippen LogP contribution in [0.15, 0.2) is 59.6 Å². The van der Waals surface area contributed by atoms with Gasteiger partial charge in [0.05, 0.1) is 19.3 Å². The number of aliphatic imine (C=N–C) groups is 1. The number of aromatic amines is 1. The van der Waals surface area contributed by atoms with Crippen LogP contribution in [0.2, 0.25) is 0 Å². The molecule has 36 heavy (non-hydrogen) atoms. The lowest BCUT2D eigenvalue weighted by Crippen LogP contribution is -2.45. The fourth-order valence-electron chi connectivity index (χ4n) is 5.06. The highest BCUT2D eigenvalue weighted by Crippen LogP contribution is 2.35. The molecule has 1 unspecified atom stereocenters. The van der Waals surface area contributed by atoms with Crippen LogP contribution in [0.3, 0.4) is 0 Å². The molecule has 4 heterocycles. The lowest BCUT2D eigenvalue weighted by Gasteiger charge is -2.33. The van der Waals surface area contributed by atoms with Crippen molar-refractivity contribution in [3.8, 4) is 22.5 Å². The molecule has 0 spiro atoms. The van der Waals surface area contributed by atoms with Crippen molar-refractivity contribution in [1.82, 2.24) is 30.1 Å². The van der Waals surface area contributed by atoms with Gasteiger partial charge in [0.1, 0.15) is 5.82 Å². The zero-order chi connectivity index (χ0) is 24.5. The highest BCUT2D eigenvalue weighted by atomic mass is 16.5. The van der Waals surface area contributed by atoms with Crippen molar-refractivity contribution in [2.75, 3.05) is 31.6 Å². The molecule has 0 amide bonds. The Bertz CT molecular complexity index is 1370. The molecule has 1 saturated heterocycles. The first-order chi connectivity index (χ1) is 17.7. The van der Waals surface area contributed by atoms with Crippen LogP contribution in [0, 0.1) is 0 Å². The molecular weight excluding hydrogens is 452 g/mol. The van der Waals surface area contributed by atoms with Crippen molar-refractivity contribution in [2.24, 2.45) is 4.99 Å². The Balaban J connectivity index is 1.28. The highest BCUT2D eigenvalue weighted by Gasteiger charge is 2.27. The number of nitrogens with zero attached hydrogens (tertiary/aromatic N) is 6. The van der Waals surface area contributed by atoms with E-state index in [4.69, 9.17) is 9.73 Å². The summed E-state index contributed by atoms with van der Waals surface area (Å²) in [7, 11) is 0. The summed E-state index contributed by atoms with van der Waals surface area (Å²) >= 11 is 0. The van der Waals surface area contributed by atoms with Gasteiger partial charge in [-0.05, 0) is 41.3 Å². The van der Waals surface area contributed by atoms with Crippen molar-refractivity contribution in [1.29, 1.82) is 0 Å². The number of rotatable bonds is 5. The zero-order valence-corrected chi connectivity index (χ0v) is 20.6. The Kier molecular flexibility index (Phi) is 5.98. The summed E-state index contributed by atoms with van der Waals surface area (Å²) in [6.45, 7) is 8.39. The third-order valence-corrected chi connectivity index (χ3v) is 7.00. The van der Waals surface area contributed by atoms with Gasteiger partial charge in [0, 0.05) is 36.5 Å². The van der Waals surface area contributed by atoms with Crippen LogP contribution in [0.4, 0.5) is 5.82 Å². The molecule has 0 bridgehead atoms. The Morgan fingerprint density at radius 1 is 1.03 bits per heavy atom. The lowest BCUT2D eigenvalue weighted by molar-refractivity contribution is 0.0677. The van der Waals surface area contributed by atoms with E-state index in [0.29, 0.717) is 5.82 Å². The number of aromatic nitrogens is 5. The first kappa shape index (κ1) is 22.5. The first-order valence-corrected chi connectivity index (χ1v) is 12.5. The van der Waals surface area contributed by atoms with Gasteiger partial charge >= 0.3 is 0 Å². The first-order valence-electron chi connectivity index (χ1n) is 12.5. The number of fused-ring (bicyclic) bond motifs is 1. The molecule has 6 rings (SSSR count). The molecule has 2 aromatic carbocycles. The summed E-state index contributed by atoms with van der Waals surface area (Å²) in [5, 5.41) is 18.3. The van der Waals surface area contributed by atoms with Gasteiger partial charge < -0.3 is 19.5 Å². The average Bonchev–Trinajstić information content (AvgIpc) is 3.59. The van der Waals surface area contributed by atoms with Gasteiger partial charge in [-0.25, -0.2) is 4.99 Å². The van der Waals surface area contributed by atoms with Crippen LogP contribution in [0.25, 0.3) is 22.5 Å². The topological polar surface area (TPSA) is 96.2 Å². The molecule has 2 aromatic heterocycles. The maximum atomic E-state index is 5.54.